The molecule has 0 fully saturated rings. The molecular weight excluding hydrogens is 428 g/mol. The fourth-order valence-corrected chi connectivity index (χ4v) is 2.70. The lowest BCUT2D eigenvalue weighted by atomic mass is 10.2. The number of nitro groups is 2. The van der Waals surface area contributed by atoms with Gasteiger partial charge in [0.05, 0.1) is 38.1 Å². The highest BCUT2D eigenvalue weighted by Gasteiger charge is 2.23. The van der Waals surface area contributed by atoms with E-state index < -0.39 is 33.4 Å². The Morgan fingerprint density at radius 1 is 0.844 bits per heavy atom. The van der Waals surface area contributed by atoms with Gasteiger partial charge in [-0.2, -0.15) is 0 Å². The van der Waals surface area contributed by atoms with Crippen molar-refractivity contribution >= 4 is 45.4 Å². The first-order chi connectivity index (χ1) is 15.2. The molecule has 0 unspecified atom stereocenters. The summed E-state index contributed by atoms with van der Waals surface area (Å²) < 4.78 is 5.05. The monoisotopic (exact) mass is 436 g/mol. The predicted molar refractivity (Wildman–Crippen MR) is 104 cm³/mol. The van der Waals surface area contributed by atoms with Gasteiger partial charge in [-0.05, 0) is 12.1 Å². The Morgan fingerprint density at radius 2 is 1.44 bits per heavy atom. The third-order valence-electron chi connectivity index (χ3n) is 4.16. The summed E-state index contributed by atoms with van der Waals surface area (Å²) in [4.78, 5) is 60.2. The molecule has 0 radical (unpaired) electrons. The Kier molecular flexibility index (Phi) is 4.78. The molecule has 0 aliphatic heterocycles. The van der Waals surface area contributed by atoms with Crippen molar-refractivity contribution in [2.24, 2.45) is 0 Å². The van der Waals surface area contributed by atoms with Crippen LogP contribution < -0.4 is 4.74 Å². The van der Waals surface area contributed by atoms with E-state index in [-0.39, 0.29) is 39.1 Å². The first kappa shape index (κ1) is 20.1. The number of carboxylic acids is 1. The van der Waals surface area contributed by atoms with Crippen LogP contribution in [-0.2, 0) is 0 Å². The molecule has 0 atom stereocenters. The van der Waals surface area contributed by atoms with Gasteiger partial charge in [-0.25, -0.2) is 24.5 Å². The minimum atomic E-state index is -1.58. The van der Waals surface area contributed by atoms with E-state index in [0.717, 1.165) is 18.3 Å². The zero-order valence-corrected chi connectivity index (χ0v) is 15.5. The smallest absolute Gasteiger partial charge is 0.365 e. The highest BCUT2D eigenvalue weighted by molar-refractivity contribution is 5.95. The van der Waals surface area contributed by atoms with E-state index in [4.69, 9.17) is 4.74 Å². The summed E-state index contributed by atoms with van der Waals surface area (Å²) in [5, 5.41) is 31.1. The molecule has 4 aromatic rings. The van der Waals surface area contributed by atoms with E-state index in [9.17, 15) is 34.9 Å². The molecule has 2 aromatic heterocycles. The zero-order valence-electron chi connectivity index (χ0n) is 15.5. The highest BCUT2D eigenvalue weighted by atomic mass is 16.6. The van der Waals surface area contributed by atoms with Crippen LogP contribution in [0.25, 0.3) is 22.1 Å². The number of nitrogens with zero attached hydrogens (tertiary/aromatic N) is 6. The molecule has 2 aromatic carbocycles. The fraction of sp³-hybridized carbons (Fsp3) is 0. The number of ether oxygens (including phenoxy) is 1. The van der Waals surface area contributed by atoms with Crippen LogP contribution in [0.1, 0.15) is 21.0 Å². The quantitative estimate of drug-likeness (QED) is 0.272. The van der Waals surface area contributed by atoms with Gasteiger partial charge in [0.15, 0.2) is 5.69 Å². The standard InChI is InChI=1S/C18H8N6O8/c25-17(26)15-16(22-11-4-2-9(24(30)31)6-13(11)21-15)32-18(27)14-7-19-12-5-8(23(28)29)1-3-10(12)20-14/h1-7H,(H,25,26). The lowest BCUT2D eigenvalue weighted by molar-refractivity contribution is -0.384. The molecule has 4 rings (SSSR count). The molecule has 0 aliphatic rings. The minimum Gasteiger partial charge on any atom is -0.476 e. The maximum absolute atomic E-state index is 12.5. The van der Waals surface area contributed by atoms with E-state index in [1.165, 1.54) is 24.3 Å². The molecule has 0 amide bonds. The van der Waals surface area contributed by atoms with Crippen molar-refractivity contribution in [3.05, 3.63) is 74.2 Å². The maximum Gasteiger partial charge on any atom is 0.365 e. The Morgan fingerprint density at radius 3 is 2.03 bits per heavy atom. The second-order valence-corrected chi connectivity index (χ2v) is 6.19. The number of rotatable bonds is 5. The summed E-state index contributed by atoms with van der Waals surface area (Å²) in [5.74, 6) is -3.32. The van der Waals surface area contributed by atoms with E-state index in [1.807, 2.05) is 0 Å². The Balaban J connectivity index is 1.70. The third-order valence-corrected chi connectivity index (χ3v) is 4.16. The molecule has 14 nitrogen and oxygen atoms in total. The van der Waals surface area contributed by atoms with Gasteiger partial charge >= 0.3 is 11.9 Å². The van der Waals surface area contributed by atoms with Gasteiger partial charge in [-0.3, -0.25) is 25.2 Å². The topological polar surface area (TPSA) is 201 Å². The summed E-state index contributed by atoms with van der Waals surface area (Å²) in [6, 6.07) is 7.05. The van der Waals surface area contributed by atoms with Gasteiger partial charge in [-0.1, -0.05) is 0 Å². The minimum absolute atomic E-state index is 0.0558. The summed E-state index contributed by atoms with van der Waals surface area (Å²) >= 11 is 0. The van der Waals surface area contributed by atoms with Crippen LogP contribution in [0.4, 0.5) is 11.4 Å². The molecule has 32 heavy (non-hydrogen) atoms. The number of aromatic carboxylic acids is 1. The Hall–Kier alpha value is -5.14. The molecule has 1 N–H and O–H groups in total. The van der Waals surface area contributed by atoms with Crippen LogP contribution >= 0.6 is 0 Å². The lowest BCUT2D eigenvalue weighted by Crippen LogP contribution is -2.16. The number of esters is 1. The Labute approximate surface area is 175 Å². The molecule has 158 valence electrons. The summed E-state index contributed by atoms with van der Waals surface area (Å²) in [6.07, 6.45) is 1.01. The van der Waals surface area contributed by atoms with Crippen molar-refractivity contribution in [2.75, 3.05) is 0 Å². The molecular formula is C18H8N6O8. The summed E-state index contributed by atoms with van der Waals surface area (Å²) in [6.45, 7) is 0. The first-order valence-electron chi connectivity index (χ1n) is 8.56. The zero-order chi connectivity index (χ0) is 23.0. The molecule has 0 saturated heterocycles. The van der Waals surface area contributed by atoms with Gasteiger partial charge < -0.3 is 9.84 Å². The summed E-state index contributed by atoms with van der Waals surface area (Å²) in [7, 11) is 0. The highest BCUT2D eigenvalue weighted by Crippen LogP contribution is 2.24. The van der Waals surface area contributed by atoms with Crippen molar-refractivity contribution in [1.82, 2.24) is 19.9 Å². The normalized spacial score (nSPS) is 10.8. The molecule has 0 bridgehead atoms. The van der Waals surface area contributed by atoms with Gasteiger partial charge in [0.25, 0.3) is 17.3 Å². The van der Waals surface area contributed by atoms with Gasteiger partial charge in [0, 0.05) is 24.3 Å². The van der Waals surface area contributed by atoms with E-state index in [0.29, 0.717) is 0 Å². The van der Waals surface area contributed by atoms with Crippen LogP contribution in [0.3, 0.4) is 0 Å². The average Bonchev–Trinajstić information content (AvgIpc) is 2.77. The van der Waals surface area contributed by atoms with Crippen LogP contribution in [0.5, 0.6) is 5.88 Å². The molecule has 14 heteroatoms. The number of nitro benzene ring substituents is 2. The van der Waals surface area contributed by atoms with E-state index in [1.54, 1.807) is 0 Å². The molecule has 0 spiro atoms. The van der Waals surface area contributed by atoms with Crippen molar-refractivity contribution < 1.29 is 29.3 Å². The second-order valence-electron chi connectivity index (χ2n) is 6.19. The van der Waals surface area contributed by atoms with Crippen molar-refractivity contribution in [2.45, 2.75) is 0 Å². The molecule has 2 heterocycles. The predicted octanol–water partition coefficient (Wildman–Crippen LogP) is 2.31. The van der Waals surface area contributed by atoms with Crippen molar-refractivity contribution in [1.29, 1.82) is 0 Å². The van der Waals surface area contributed by atoms with Gasteiger partial charge in [0.1, 0.15) is 0 Å². The number of benzene rings is 2. The number of carbonyl (C=O) groups is 2. The fourth-order valence-electron chi connectivity index (χ4n) is 2.70. The number of fused-ring (bicyclic) bond motifs is 2. The van der Waals surface area contributed by atoms with Gasteiger partial charge in [0.2, 0.25) is 5.69 Å². The second kappa shape index (κ2) is 7.60. The van der Waals surface area contributed by atoms with Crippen molar-refractivity contribution in [3.8, 4) is 5.88 Å². The summed E-state index contributed by atoms with van der Waals surface area (Å²) in [5.41, 5.74) is -1.28. The van der Waals surface area contributed by atoms with Crippen LogP contribution in [-0.4, -0.2) is 46.8 Å². The van der Waals surface area contributed by atoms with Crippen LogP contribution in [0, 0.1) is 20.2 Å². The molecule has 0 saturated carbocycles. The number of hydrogen-bond donors (Lipinski definition) is 1. The van der Waals surface area contributed by atoms with E-state index in [2.05, 4.69) is 19.9 Å². The SMILES string of the molecule is O=C(Oc1nc2ccc([N+](=O)[O-])cc2nc1C(=O)O)c1cnc2cc([N+](=O)[O-])ccc2n1. The largest absolute Gasteiger partial charge is 0.476 e. The average molecular weight is 436 g/mol. The van der Waals surface area contributed by atoms with Crippen molar-refractivity contribution in [3.63, 3.8) is 0 Å². The van der Waals surface area contributed by atoms with E-state index >= 15 is 0 Å². The van der Waals surface area contributed by atoms with Crippen LogP contribution in [0.15, 0.2) is 42.6 Å². The number of aromatic nitrogens is 4. The number of carbonyl (C=O) groups excluding carboxylic acids is 1. The first-order valence-corrected chi connectivity index (χ1v) is 8.56. The number of carboxylic acid groups (broad SMARTS) is 1. The maximum atomic E-state index is 12.5. The number of non-ortho nitro benzene ring substituents is 2. The lowest BCUT2D eigenvalue weighted by Gasteiger charge is -2.07. The third kappa shape index (κ3) is 3.70. The molecule has 0 aliphatic carbocycles. The Bertz CT molecular complexity index is 1470. The number of hydrogen-bond acceptors (Lipinski definition) is 11. The van der Waals surface area contributed by atoms with Gasteiger partial charge in [-0.15, -0.1) is 0 Å². The van der Waals surface area contributed by atoms with Crippen LogP contribution in [0.2, 0.25) is 0 Å².